The highest BCUT2D eigenvalue weighted by Crippen LogP contribution is 2.23. The molecule has 0 saturated heterocycles. The average molecular weight is 418 g/mol. The fourth-order valence-electron chi connectivity index (χ4n) is 2.68. The highest BCUT2D eigenvalue weighted by atomic mass is 32.2. The second-order valence-corrected chi connectivity index (χ2v) is 8.16. The second-order valence-electron chi connectivity index (χ2n) is 6.31. The third-order valence-electron chi connectivity index (χ3n) is 4.07. The normalized spacial score (nSPS) is 12.5. The SMILES string of the molecule is CC(=O)OC/C=C/N(C(C)Cc1ccccc1)S(=O)(=O)c1ccc([N+](=O)[O-])cc1. The van der Waals surface area contributed by atoms with Gasteiger partial charge in [0, 0.05) is 31.3 Å². The van der Waals surface area contributed by atoms with Crippen LogP contribution in [0.15, 0.2) is 71.8 Å². The first-order valence-corrected chi connectivity index (χ1v) is 10.3. The molecule has 0 spiro atoms. The molecule has 2 aromatic carbocycles. The molecule has 0 amide bonds. The first-order valence-electron chi connectivity index (χ1n) is 8.83. The number of ether oxygens (including phenoxy) is 1. The number of non-ortho nitro benzene ring substituents is 1. The highest BCUT2D eigenvalue weighted by Gasteiger charge is 2.27. The molecule has 154 valence electrons. The summed E-state index contributed by atoms with van der Waals surface area (Å²) in [5.74, 6) is -0.475. The zero-order chi connectivity index (χ0) is 21.4. The van der Waals surface area contributed by atoms with Crippen molar-refractivity contribution in [3.63, 3.8) is 0 Å². The Bertz CT molecular complexity index is 972. The van der Waals surface area contributed by atoms with Crippen molar-refractivity contribution in [2.75, 3.05) is 6.61 Å². The minimum atomic E-state index is -3.98. The van der Waals surface area contributed by atoms with E-state index in [1.54, 1.807) is 6.92 Å². The number of hydrogen-bond acceptors (Lipinski definition) is 6. The molecule has 1 unspecified atom stereocenters. The Balaban J connectivity index is 2.33. The van der Waals surface area contributed by atoms with Gasteiger partial charge in [0.2, 0.25) is 0 Å². The van der Waals surface area contributed by atoms with Gasteiger partial charge in [0.15, 0.2) is 0 Å². The third kappa shape index (κ3) is 6.15. The lowest BCUT2D eigenvalue weighted by atomic mass is 10.1. The van der Waals surface area contributed by atoms with Crippen LogP contribution in [0.3, 0.4) is 0 Å². The van der Waals surface area contributed by atoms with E-state index in [4.69, 9.17) is 4.74 Å². The van der Waals surface area contributed by atoms with Crippen molar-refractivity contribution < 1.29 is 22.9 Å². The predicted molar refractivity (Wildman–Crippen MR) is 108 cm³/mol. The van der Waals surface area contributed by atoms with Gasteiger partial charge >= 0.3 is 5.97 Å². The molecular weight excluding hydrogens is 396 g/mol. The van der Waals surface area contributed by atoms with Crippen LogP contribution in [0.5, 0.6) is 0 Å². The van der Waals surface area contributed by atoms with Crippen LogP contribution in [0.25, 0.3) is 0 Å². The topological polar surface area (TPSA) is 107 Å². The quantitative estimate of drug-likeness (QED) is 0.351. The largest absolute Gasteiger partial charge is 0.462 e. The maximum atomic E-state index is 13.2. The van der Waals surface area contributed by atoms with Crippen molar-refractivity contribution in [2.24, 2.45) is 0 Å². The first-order chi connectivity index (χ1) is 13.7. The zero-order valence-corrected chi connectivity index (χ0v) is 16.9. The van der Waals surface area contributed by atoms with E-state index >= 15 is 0 Å². The standard InChI is InChI=1S/C20H22N2O6S/c1-16(15-18-7-4-3-5-8-18)21(13-6-14-28-17(2)23)29(26,27)20-11-9-19(10-12-20)22(24)25/h3-13,16H,14-15H2,1-2H3/b13-6+. The summed E-state index contributed by atoms with van der Waals surface area (Å²) in [5.41, 5.74) is 0.760. The summed E-state index contributed by atoms with van der Waals surface area (Å²) in [6.07, 6.45) is 3.24. The number of carbonyl (C=O) groups excluding carboxylic acids is 1. The number of nitro groups is 1. The van der Waals surface area contributed by atoms with Crippen molar-refractivity contribution in [1.82, 2.24) is 4.31 Å². The summed E-state index contributed by atoms with van der Waals surface area (Å²) in [7, 11) is -3.98. The molecule has 0 saturated carbocycles. The van der Waals surface area contributed by atoms with Crippen LogP contribution in [0.1, 0.15) is 19.4 Å². The Morgan fingerprint density at radius 1 is 1.17 bits per heavy atom. The van der Waals surface area contributed by atoms with Crippen LogP contribution in [-0.4, -0.2) is 36.3 Å². The Labute approximate surface area is 169 Å². The Morgan fingerprint density at radius 3 is 2.34 bits per heavy atom. The van der Waals surface area contributed by atoms with Gasteiger partial charge in [-0.15, -0.1) is 0 Å². The molecule has 0 N–H and O–H groups in total. The van der Waals surface area contributed by atoms with Gasteiger partial charge < -0.3 is 4.74 Å². The van der Waals surface area contributed by atoms with Crippen molar-refractivity contribution in [3.8, 4) is 0 Å². The van der Waals surface area contributed by atoms with E-state index in [0.29, 0.717) is 6.42 Å². The van der Waals surface area contributed by atoms with Crippen LogP contribution >= 0.6 is 0 Å². The second kappa shape index (κ2) is 9.83. The molecule has 8 nitrogen and oxygen atoms in total. The lowest BCUT2D eigenvalue weighted by molar-refractivity contribution is -0.384. The summed E-state index contributed by atoms with van der Waals surface area (Å²) >= 11 is 0. The van der Waals surface area contributed by atoms with Crippen molar-refractivity contribution in [3.05, 3.63) is 82.6 Å². The van der Waals surface area contributed by atoms with E-state index in [-0.39, 0.29) is 17.2 Å². The third-order valence-corrected chi connectivity index (χ3v) is 5.97. The van der Waals surface area contributed by atoms with E-state index in [9.17, 15) is 23.3 Å². The van der Waals surface area contributed by atoms with Gasteiger partial charge in [-0.1, -0.05) is 30.3 Å². The van der Waals surface area contributed by atoms with E-state index in [1.807, 2.05) is 30.3 Å². The van der Waals surface area contributed by atoms with Crippen LogP contribution in [0, 0.1) is 10.1 Å². The molecule has 0 fully saturated rings. The molecule has 9 heteroatoms. The molecule has 0 aliphatic rings. The van der Waals surface area contributed by atoms with E-state index in [2.05, 4.69) is 0 Å². The van der Waals surface area contributed by atoms with Gasteiger partial charge in [-0.3, -0.25) is 19.2 Å². The summed E-state index contributed by atoms with van der Waals surface area (Å²) in [4.78, 5) is 21.1. The average Bonchev–Trinajstić information content (AvgIpc) is 2.68. The Hall–Kier alpha value is -3.20. The number of sulfonamides is 1. The summed E-state index contributed by atoms with van der Waals surface area (Å²) in [5, 5.41) is 10.8. The molecule has 0 aliphatic heterocycles. The fourth-order valence-corrected chi connectivity index (χ4v) is 4.20. The number of nitrogens with zero attached hydrogens (tertiary/aromatic N) is 2. The van der Waals surface area contributed by atoms with E-state index < -0.39 is 27.0 Å². The first kappa shape index (κ1) is 22.1. The number of carbonyl (C=O) groups is 1. The van der Waals surface area contributed by atoms with Crippen molar-refractivity contribution >= 4 is 21.7 Å². The number of benzene rings is 2. The van der Waals surface area contributed by atoms with Crippen LogP contribution < -0.4 is 0 Å². The monoisotopic (exact) mass is 418 g/mol. The highest BCUT2D eigenvalue weighted by molar-refractivity contribution is 7.89. The summed E-state index contributed by atoms with van der Waals surface area (Å²) in [6.45, 7) is 2.95. The molecule has 29 heavy (non-hydrogen) atoms. The molecule has 0 bridgehead atoms. The maximum Gasteiger partial charge on any atom is 0.302 e. The molecule has 1 atom stereocenters. The molecular formula is C20H22N2O6S. The maximum absolute atomic E-state index is 13.2. The van der Waals surface area contributed by atoms with Gasteiger partial charge in [0.05, 0.1) is 9.82 Å². The Kier molecular flexibility index (Phi) is 7.49. The number of nitro benzene ring substituents is 1. The van der Waals surface area contributed by atoms with Crippen LogP contribution in [-0.2, 0) is 26.0 Å². The molecule has 2 aromatic rings. The van der Waals surface area contributed by atoms with Gasteiger partial charge in [-0.25, -0.2) is 8.42 Å². The summed E-state index contributed by atoms with van der Waals surface area (Å²) < 4.78 is 32.3. The lowest BCUT2D eigenvalue weighted by Gasteiger charge is -2.27. The van der Waals surface area contributed by atoms with Crippen molar-refractivity contribution in [2.45, 2.75) is 31.2 Å². The lowest BCUT2D eigenvalue weighted by Crippen LogP contribution is -2.35. The summed E-state index contributed by atoms with van der Waals surface area (Å²) in [6, 6.07) is 13.7. The van der Waals surface area contributed by atoms with E-state index in [0.717, 1.165) is 17.7 Å². The minimum Gasteiger partial charge on any atom is -0.462 e. The number of hydrogen-bond donors (Lipinski definition) is 0. The van der Waals surface area contributed by atoms with Crippen molar-refractivity contribution in [1.29, 1.82) is 0 Å². The van der Waals surface area contributed by atoms with Crippen LogP contribution in [0.4, 0.5) is 5.69 Å². The minimum absolute atomic E-state index is 0.0693. The van der Waals surface area contributed by atoms with Gasteiger partial charge in [0.25, 0.3) is 15.7 Å². The van der Waals surface area contributed by atoms with Gasteiger partial charge in [-0.2, -0.15) is 0 Å². The fraction of sp³-hybridized carbons (Fsp3) is 0.250. The predicted octanol–water partition coefficient (Wildman–Crippen LogP) is 3.29. The Morgan fingerprint density at radius 2 is 1.79 bits per heavy atom. The molecule has 0 radical (unpaired) electrons. The molecule has 2 rings (SSSR count). The van der Waals surface area contributed by atoms with Gasteiger partial charge in [-0.05, 0) is 37.1 Å². The number of rotatable bonds is 9. The number of esters is 1. The molecule has 0 aromatic heterocycles. The zero-order valence-electron chi connectivity index (χ0n) is 16.1. The molecule has 0 heterocycles. The van der Waals surface area contributed by atoms with Crippen LogP contribution in [0.2, 0.25) is 0 Å². The van der Waals surface area contributed by atoms with Gasteiger partial charge in [0.1, 0.15) is 6.61 Å². The smallest absolute Gasteiger partial charge is 0.302 e. The van der Waals surface area contributed by atoms with E-state index in [1.165, 1.54) is 35.6 Å². The molecule has 0 aliphatic carbocycles.